The summed E-state index contributed by atoms with van der Waals surface area (Å²) >= 11 is 0. The number of sulfonamides is 1. The van der Waals surface area contributed by atoms with Crippen LogP contribution in [0.3, 0.4) is 0 Å². The fourth-order valence-electron chi connectivity index (χ4n) is 3.46. The van der Waals surface area contributed by atoms with Crippen molar-refractivity contribution in [1.82, 2.24) is 19.5 Å². The number of rotatable bonds is 5. The molecule has 9 heteroatoms. The van der Waals surface area contributed by atoms with Gasteiger partial charge in [-0.25, -0.2) is 8.42 Å². The lowest BCUT2D eigenvalue weighted by Crippen LogP contribution is -2.34. The van der Waals surface area contributed by atoms with Gasteiger partial charge in [-0.1, -0.05) is 12.1 Å². The number of pyridine rings is 1. The van der Waals surface area contributed by atoms with Crippen LogP contribution in [0.25, 0.3) is 11.0 Å². The molecule has 0 saturated carbocycles. The standard InChI is InChI=1S/C21H24N4O4S/c1-24-9-2-10-25(12-11-24)30(27,28)18-5-3-16(4-6-18)14-23-21(26)19-13-17-7-8-22-15-20(17)29-19/h3-8,13,15H,2,9-12,14H2,1H3,(H,23,26). The molecule has 1 saturated heterocycles. The smallest absolute Gasteiger partial charge is 0.287 e. The number of benzene rings is 1. The second kappa shape index (κ2) is 8.55. The van der Waals surface area contributed by atoms with E-state index in [1.165, 1.54) is 0 Å². The molecule has 2 aromatic heterocycles. The van der Waals surface area contributed by atoms with Crippen molar-refractivity contribution in [1.29, 1.82) is 0 Å². The summed E-state index contributed by atoms with van der Waals surface area (Å²) in [6.45, 7) is 2.90. The average Bonchev–Trinajstić information content (AvgIpc) is 3.06. The highest BCUT2D eigenvalue weighted by Gasteiger charge is 2.26. The molecular formula is C21H24N4O4S. The Morgan fingerprint density at radius 3 is 2.70 bits per heavy atom. The number of aromatic nitrogens is 1. The largest absolute Gasteiger partial charge is 0.449 e. The molecule has 1 aliphatic rings. The Morgan fingerprint density at radius 1 is 1.13 bits per heavy atom. The van der Waals surface area contributed by atoms with Crippen LogP contribution >= 0.6 is 0 Å². The van der Waals surface area contributed by atoms with Gasteiger partial charge in [-0.2, -0.15) is 4.31 Å². The zero-order chi connectivity index (χ0) is 21.1. The van der Waals surface area contributed by atoms with E-state index in [4.69, 9.17) is 4.42 Å². The summed E-state index contributed by atoms with van der Waals surface area (Å²) < 4.78 is 32.9. The number of hydrogen-bond acceptors (Lipinski definition) is 6. The van der Waals surface area contributed by atoms with Crippen molar-refractivity contribution in [3.63, 3.8) is 0 Å². The lowest BCUT2D eigenvalue weighted by Gasteiger charge is -2.20. The van der Waals surface area contributed by atoms with Crippen molar-refractivity contribution in [3.05, 3.63) is 60.1 Å². The highest BCUT2D eigenvalue weighted by molar-refractivity contribution is 7.89. The number of likely N-dealkylation sites (N-methyl/N-ethyl adjacent to an activating group) is 1. The number of fused-ring (bicyclic) bond motifs is 1. The fourth-order valence-corrected chi connectivity index (χ4v) is 4.93. The van der Waals surface area contributed by atoms with Gasteiger partial charge in [0.25, 0.3) is 5.91 Å². The van der Waals surface area contributed by atoms with Gasteiger partial charge >= 0.3 is 0 Å². The maximum Gasteiger partial charge on any atom is 0.287 e. The molecule has 0 spiro atoms. The van der Waals surface area contributed by atoms with Crippen molar-refractivity contribution in [2.75, 3.05) is 33.2 Å². The number of amides is 1. The minimum atomic E-state index is -3.52. The van der Waals surface area contributed by atoms with Crippen LogP contribution in [0.1, 0.15) is 22.5 Å². The van der Waals surface area contributed by atoms with Crippen LogP contribution in [0.2, 0.25) is 0 Å². The van der Waals surface area contributed by atoms with Gasteiger partial charge in [0.1, 0.15) is 0 Å². The minimum Gasteiger partial charge on any atom is -0.449 e. The van der Waals surface area contributed by atoms with Gasteiger partial charge in [-0.3, -0.25) is 9.78 Å². The zero-order valence-corrected chi connectivity index (χ0v) is 17.6. The Kier molecular flexibility index (Phi) is 5.85. The molecule has 0 aliphatic carbocycles. The molecule has 3 aromatic rings. The van der Waals surface area contributed by atoms with Crippen LogP contribution in [0.5, 0.6) is 0 Å². The third-order valence-corrected chi connectivity index (χ3v) is 7.15. The van der Waals surface area contributed by atoms with Crippen molar-refractivity contribution in [2.45, 2.75) is 17.9 Å². The maximum atomic E-state index is 12.9. The summed E-state index contributed by atoms with van der Waals surface area (Å²) in [4.78, 5) is 18.7. The van der Waals surface area contributed by atoms with Gasteiger partial charge in [0.2, 0.25) is 10.0 Å². The molecule has 1 N–H and O–H groups in total. The Morgan fingerprint density at radius 2 is 1.93 bits per heavy atom. The van der Waals surface area contributed by atoms with Gasteiger partial charge in [-0.05, 0) is 49.8 Å². The SMILES string of the molecule is CN1CCCN(S(=O)(=O)c2ccc(CNC(=O)c3cc4ccncc4o3)cc2)CC1. The maximum absolute atomic E-state index is 12.9. The Labute approximate surface area is 175 Å². The van der Waals surface area contributed by atoms with Gasteiger partial charge < -0.3 is 14.6 Å². The third kappa shape index (κ3) is 4.38. The van der Waals surface area contributed by atoms with E-state index in [0.717, 1.165) is 30.5 Å². The second-order valence-electron chi connectivity index (χ2n) is 7.41. The van der Waals surface area contributed by atoms with E-state index in [1.807, 2.05) is 7.05 Å². The Bertz CT molecular complexity index is 1110. The predicted octanol–water partition coefficient (Wildman–Crippen LogP) is 2.08. The summed E-state index contributed by atoms with van der Waals surface area (Å²) in [5.74, 6) is -0.125. The van der Waals surface area contributed by atoms with Crippen molar-refractivity contribution in [2.24, 2.45) is 0 Å². The lowest BCUT2D eigenvalue weighted by atomic mass is 10.2. The van der Waals surface area contributed by atoms with Crippen molar-refractivity contribution >= 4 is 26.9 Å². The van der Waals surface area contributed by atoms with Gasteiger partial charge in [0.15, 0.2) is 11.3 Å². The average molecular weight is 429 g/mol. The van der Waals surface area contributed by atoms with Crippen LogP contribution in [0.4, 0.5) is 0 Å². The highest BCUT2D eigenvalue weighted by atomic mass is 32.2. The molecule has 0 radical (unpaired) electrons. The van der Waals surface area contributed by atoms with Crippen LogP contribution in [0.15, 0.2) is 58.1 Å². The Balaban J connectivity index is 1.40. The first-order valence-corrected chi connectivity index (χ1v) is 11.3. The normalized spacial score (nSPS) is 16.4. The van der Waals surface area contributed by atoms with E-state index in [0.29, 0.717) is 18.7 Å². The number of nitrogens with one attached hydrogen (secondary N) is 1. The third-order valence-electron chi connectivity index (χ3n) is 5.24. The van der Waals surface area contributed by atoms with E-state index in [1.54, 1.807) is 53.1 Å². The van der Waals surface area contributed by atoms with E-state index in [9.17, 15) is 13.2 Å². The molecule has 1 aliphatic heterocycles. The molecule has 1 amide bonds. The van der Waals surface area contributed by atoms with E-state index in [-0.39, 0.29) is 23.1 Å². The van der Waals surface area contributed by atoms with E-state index in [2.05, 4.69) is 15.2 Å². The van der Waals surface area contributed by atoms with Crippen molar-refractivity contribution < 1.29 is 17.6 Å². The van der Waals surface area contributed by atoms with Gasteiger partial charge in [-0.15, -0.1) is 0 Å². The van der Waals surface area contributed by atoms with Crippen molar-refractivity contribution in [3.8, 4) is 0 Å². The fraction of sp³-hybridized carbons (Fsp3) is 0.333. The quantitative estimate of drug-likeness (QED) is 0.669. The summed E-state index contributed by atoms with van der Waals surface area (Å²) in [6, 6.07) is 10.1. The summed E-state index contributed by atoms with van der Waals surface area (Å²) in [7, 11) is -1.51. The molecule has 0 atom stereocenters. The molecule has 8 nitrogen and oxygen atoms in total. The van der Waals surface area contributed by atoms with Crippen LogP contribution in [-0.2, 0) is 16.6 Å². The first kappa shape index (κ1) is 20.5. The first-order valence-electron chi connectivity index (χ1n) is 9.83. The molecule has 158 valence electrons. The van der Waals surface area contributed by atoms with Gasteiger partial charge in [0.05, 0.1) is 11.1 Å². The molecule has 0 bridgehead atoms. The van der Waals surface area contributed by atoms with E-state index >= 15 is 0 Å². The summed E-state index contributed by atoms with van der Waals surface area (Å²) in [5, 5.41) is 3.60. The molecular weight excluding hydrogens is 404 g/mol. The summed E-state index contributed by atoms with van der Waals surface area (Å²) in [6.07, 6.45) is 4.02. The minimum absolute atomic E-state index is 0.211. The molecule has 4 rings (SSSR count). The number of carbonyl (C=O) groups is 1. The van der Waals surface area contributed by atoms with Crippen LogP contribution < -0.4 is 5.32 Å². The zero-order valence-electron chi connectivity index (χ0n) is 16.7. The predicted molar refractivity (Wildman–Crippen MR) is 112 cm³/mol. The first-order chi connectivity index (χ1) is 14.4. The molecule has 1 aromatic carbocycles. The monoisotopic (exact) mass is 428 g/mol. The van der Waals surface area contributed by atoms with Crippen LogP contribution in [-0.4, -0.2) is 61.7 Å². The van der Waals surface area contributed by atoms with E-state index < -0.39 is 10.0 Å². The molecule has 0 unspecified atom stereocenters. The number of hydrogen-bond donors (Lipinski definition) is 1. The van der Waals surface area contributed by atoms with Gasteiger partial charge in [0, 0.05) is 37.8 Å². The molecule has 30 heavy (non-hydrogen) atoms. The Hall–Kier alpha value is -2.75. The highest BCUT2D eigenvalue weighted by Crippen LogP contribution is 2.19. The number of nitrogens with zero attached hydrogens (tertiary/aromatic N) is 3. The topological polar surface area (TPSA) is 95.8 Å². The summed E-state index contributed by atoms with van der Waals surface area (Å²) in [5.41, 5.74) is 1.35. The van der Waals surface area contributed by atoms with Crippen LogP contribution in [0, 0.1) is 0 Å². The molecule has 3 heterocycles. The molecule has 1 fully saturated rings. The lowest BCUT2D eigenvalue weighted by molar-refractivity contribution is 0.0925. The number of carbonyl (C=O) groups excluding carboxylic acids is 1. The second-order valence-corrected chi connectivity index (χ2v) is 9.35. The number of furan rings is 1.